The molecule has 0 unspecified atom stereocenters. The molecule has 2 aliphatic carbocycles. The highest BCUT2D eigenvalue weighted by Gasteiger charge is 2.30. The number of para-hydroxylation sites is 1. The minimum atomic E-state index is 0.866. The molecule has 2 aliphatic rings. The van der Waals surface area contributed by atoms with Crippen LogP contribution in [0.15, 0.2) is 24.3 Å². The predicted octanol–water partition coefficient (Wildman–Crippen LogP) is 7.78. The van der Waals surface area contributed by atoms with Crippen LogP contribution in [0.3, 0.4) is 0 Å². The second kappa shape index (κ2) is 11.1. The number of anilines is 1. The summed E-state index contributed by atoms with van der Waals surface area (Å²) in [6.07, 6.45) is 21.9. The van der Waals surface area contributed by atoms with Gasteiger partial charge in [-0.05, 0) is 80.2 Å². The number of benzene rings is 1. The van der Waals surface area contributed by atoms with E-state index < -0.39 is 0 Å². The van der Waals surface area contributed by atoms with Gasteiger partial charge in [0.1, 0.15) is 0 Å². The van der Waals surface area contributed by atoms with Crippen LogP contribution in [-0.2, 0) is 6.42 Å². The molecule has 27 heavy (non-hydrogen) atoms. The van der Waals surface area contributed by atoms with E-state index in [-0.39, 0.29) is 0 Å². The molecule has 152 valence electrons. The van der Waals surface area contributed by atoms with Crippen molar-refractivity contribution in [1.29, 1.82) is 0 Å². The van der Waals surface area contributed by atoms with Crippen LogP contribution in [0.25, 0.3) is 0 Å². The summed E-state index contributed by atoms with van der Waals surface area (Å²) in [6, 6.07) is 8.48. The minimum absolute atomic E-state index is 0.866. The Hall–Kier alpha value is -0.980. The molecule has 2 fully saturated rings. The van der Waals surface area contributed by atoms with Crippen molar-refractivity contribution in [2.45, 2.75) is 103 Å². The van der Waals surface area contributed by atoms with Crippen LogP contribution >= 0.6 is 0 Å². The number of unbranched alkanes of at least 4 members (excludes halogenated alkanes) is 4. The first-order valence-corrected chi connectivity index (χ1v) is 12.1. The van der Waals surface area contributed by atoms with E-state index >= 15 is 0 Å². The number of hydrogen-bond donors (Lipinski definition) is 1. The van der Waals surface area contributed by atoms with Crippen molar-refractivity contribution in [3.05, 3.63) is 29.8 Å². The lowest BCUT2D eigenvalue weighted by Crippen LogP contribution is -2.26. The number of hydrogen-bond acceptors (Lipinski definition) is 1. The van der Waals surface area contributed by atoms with E-state index in [2.05, 4.69) is 31.2 Å². The van der Waals surface area contributed by atoms with Gasteiger partial charge in [-0.15, -0.1) is 0 Å². The zero-order valence-corrected chi connectivity index (χ0v) is 17.8. The molecule has 1 aromatic rings. The Morgan fingerprint density at radius 1 is 0.741 bits per heavy atom. The Labute approximate surface area is 168 Å². The molecule has 3 rings (SSSR count). The molecular formula is C26H43N. The lowest BCUT2D eigenvalue weighted by atomic mass is 9.68. The summed E-state index contributed by atoms with van der Waals surface area (Å²) < 4.78 is 0. The molecule has 0 heterocycles. The Morgan fingerprint density at radius 2 is 1.33 bits per heavy atom. The third-order valence-corrected chi connectivity index (χ3v) is 7.73. The SMILES string of the molecule is CCCCCCCC1CCC(C2CCC(Cc3ccccc3N)CC2)CC1. The van der Waals surface area contributed by atoms with Crippen LogP contribution < -0.4 is 5.73 Å². The second-order valence-electron chi connectivity index (χ2n) is 9.67. The molecule has 0 bridgehead atoms. The maximum absolute atomic E-state index is 6.15. The zero-order valence-electron chi connectivity index (χ0n) is 17.8. The smallest absolute Gasteiger partial charge is 0.0346 e. The molecule has 1 nitrogen and oxygen atoms in total. The maximum Gasteiger partial charge on any atom is 0.0346 e. The molecule has 2 N–H and O–H groups in total. The van der Waals surface area contributed by atoms with Gasteiger partial charge in [0.2, 0.25) is 0 Å². The van der Waals surface area contributed by atoms with E-state index in [1.54, 1.807) is 0 Å². The van der Waals surface area contributed by atoms with Crippen molar-refractivity contribution >= 4 is 5.69 Å². The molecule has 0 aromatic heterocycles. The van der Waals surface area contributed by atoms with Gasteiger partial charge in [-0.3, -0.25) is 0 Å². The Balaban J connectivity index is 1.32. The van der Waals surface area contributed by atoms with Crippen LogP contribution in [0, 0.1) is 23.7 Å². The van der Waals surface area contributed by atoms with Gasteiger partial charge in [-0.2, -0.15) is 0 Å². The van der Waals surface area contributed by atoms with Gasteiger partial charge in [0.15, 0.2) is 0 Å². The van der Waals surface area contributed by atoms with Crippen molar-refractivity contribution in [1.82, 2.24) is 0 Å². The second-order valence-corrected chi connectivity index (χ2v) is 9.67. The van der Waals surface area contributed by atoms with Crippen molar-refractivity contribution in [2.75, 3.05) is 5.73 Å². The van der Waals surface area contributed by atoms with Crippen LogP contribution in [-0.4, -0.2) is 0 Å². The largest absolute Gasteiger partial charge is 0.399 e. The van der Waals surface area contributed by atoms with E-state index in [1.807, 2.05) is 0 Å². The van der Waals surface area contributed by atoms with Crippen molar-refractivity contribution in [3.8, 4) is 0 Å². The molecule has 0 spiro atoms. The Bertz CT molecular complexity index is 521. The average molecular weight is 370 g/mol. The summed E-state index contributed by atoms with van der Waals surface area (Å²) in [5.41, 5.74) is 8.52. The van der Waals surface area contributed by atoms with Crippen molar-refractivity contribution in [3.63, 3.8) is 0 Å². The summed E-state index contributed by atoms with van der Waals surface area (Å²) >= 11 is 0. The predicted molar refractivity (Wildman–Crippen MR) is 119 cm³/mol. The van der Waals surface area contributed by atoms with E-state index in [1.165, 1.54) is 102 Å². The zero-order chi connectivity index (χ0) is 18.9. The van der Waals surface area contributed by atoms with Gasteiger partial charge >= 0.3 is 0 Å². The number of nitrogen functional groups attached to an aromatic ring is 1. The maximum atomic E-state index is 6.15. The van der Waals surface area contributed by atoms with Crippen molar-refractivity contribution in [2.24, 2.45) is 23.7 Å². The molecule has 0 radical (unpaired) electrons. The molecule has 0 saturated heterocycles. The van der Waals surface area contributed by atoms with E-state index in [9.17, 15) is 0 Å². The molecule has 0 atom stereocenters. The van der Waals surface area contributed by atoms with Gasteiger partial charge in [-0.25, -0.2) is 0 Å². The quantitative estimate of drug-likeness (QED) is 0.349. The normalized spacial score (nSPS) is 28.9. The minimum Gasteiger partial charge on any atom is -0.399 e. The van der Waals surface area contributed by atoms with Crippen LogP contribution in [0.2, 0.25) is 0 Å². The third-order valence-electron chi connectivity index (χ3n) is 7.73. The van der Waals surface area contributed by atoms with Gasteiger partial charge in [0.05, 0.1) is 0 Å². The Kier molecular flexibility index (Phi) is 8.55. The standard InChI is InChI=1S/C26H43N/c1-2-3-4-5-6-9-21-12-16-23(17-13-21)24-18-14-22(15-19-24)20-25-10-7-8-11-26(25)27/h7-8,10-11,21-24H,2-6,9,12-20,27H2,1H3. The van der Waals surface area contributed by atoms with Gasteiger partial charge < -0.3 is 5.73 Å². The highest BCUT2D eigenvalue weighted by molar-refractivity contribution is 5.46. The number of nitrogens with two attached hydrogens (primary N) is 1. The summed E-state index contributed by atoms with van der Waals surface area (Å²) in [6.45, 7) is 2.31. The fraction of sp³-hybridized carbons (Fsp3) is 0.769. The highest BCUT2D eigenvalue weighted by Crippen LogP contribution is 2.43. The summed E-state index contributed by atoms with van der Waals surface area (Å²) in [5.74, 6) is 4.00. The van der Waals surface area contributed by atoms with E-state index in [0.29, 0.717) is 0 Å². The van der Waals surface area contributed by atoms with Crippen LogP contribution in [0.1, 0.15) is 102 Å². The van der Waals surface area contributed by atoms with E-state index in [0.717, 1.165) is 29.4 Å². The van der Waals surface area contributed by atoms with E-state index in [4.69, 9.17) is 5.73 Å². The Morgan fingerprint density at radius 3 is 1.96 bits per heavy atom. The van der Waals surface area contributed by atoms with Gasteiger partial charge in [-0.1, -0.05) is 76.5 Å². The number of rotatable bonds is 9. The molecule has 0 amide bonds. The highest BCUT2D eigenvalue weighted by atomic mass is 14.6. The summed E-state index contributed by atoms with van der Waals surface area (Å²) in [5, 5.41) is 0. The van der Waals surface area contributed by atoms with Crippen LogP contribution in [0.5, 0.6) is 0 Å². The molecule has 2 saturated carbocycles. The first-order chi connectivity index (χ1) is 13.3. The summed E-state index contributed by atoms with van der Waals surface area (Å²) in [4.78, 5) is 0. The fourth-order valence-electron chi connectivity index (χ4n) is 5.88. The van der Waals surface area contributed by atoms with Gasteiger partial charge in [0.25, 0.3) is 0 Å². The lowest BCUT2D eigenvalue weighted by Gasteiger charge is -2.38. The molecule has 1 heteroatoms. The average Bonchev–Trinajstić information content (AvgIpc) is 2.71. The van der Waals surface area contributed by atoms with Crippen LogP contribution in [0.4, 0.5) is 5.69 Å². The first-order valence-electron chi connectivity index (χ1n) is 12.1. The third kappa shape index (κ3) is 6.54. The molecular weight excluding hydrogens is 326 g/mol. The lowest BCUT2D eigenvalue weighted by molar-refractivity contribution is 0.142. The van der Waals surface area contributed by atoms with Crippen molar-refractivity contribution < 1.29 is 0 Å². The topological polar surface area (TPSA) is 26.0 Å². The van der Waals surface area contributed by atoms with Gasteiger partial charge in [0, 0.05) is 5.69 Å². The molecule has 0 aliphatic heterocycles. The first kappa shape index (κ1) is 20.7. The fourth-order valence-corrected chi connectivity index (χ4v) is 5.88. The summed E-state index contributed by atoms with van der Waals surface area (Å²) in [7, 11) is 0. The monoisotopic (exact) mass is 369 g/mol. The molecule has 1 aromatic carbocycles.